The van der Waals surface area contributed by atoms with E-state index in [0.29, 0.717) is 17.7 Å². The Labute approximate surface area is 174 Å². The summed E-state index contributed by atoms with van der Waals surface area (Å²) in [7, 11) is 0. The molecule has 0 aromatic heterocycles. The molecular formula is C23H24O7. The van der Waals surface area contributed by atoms with Gasteiger partial charge >= 0.3 is 11.9 Å². The molecule has 0 unspecified atom stereocenters. The summed E-state index contributed by atoms with van der Waals surface area (Å²) < 4.78 is 28.9. The Kier molecular flexibility index (Phi) is 5.85. The van der Waals surface area contributed by atoms with Crippen molar-refractivity contribution < 1.29 is 33.3 Å². The molecule has 2 aliphatic rings. The van der Waals surface area contributed by atoms with Crippen LogP contribution in [0, 0.1) is 0 Å². The number of fused-ring (bicyclic) bond motifs is 1. The first-order chi connectivity index (χ1) is 14.4. The molecular weight excluding hydrogens is 388 g/mol. The average Bonchev–Trinajstić information content (AvgIpc) is 3.08. The minimum atomic E-state index is -0.836. The highest BCUT2D eigenvalue weighted by Gasteiger charge is 2.53. The van der Waals surface area contributed by atoms with Crippen molar-refractivity contribution in [2.45, 2.75) is 44.1 Å². The van der Waals surface area contributed by atoms with E-state index < -0.39 is 42.1 Å². The van der Waals surface area contributed by atoms with Gasteiger partial charge in [0.15, 0.2) is 11.9 Å². The van der Waals surface area contributed by atoms with Gasteiger partial charge in [-0.25, -0.2) is 9.59 Å². The maximum atomic E-state index is 12.7. The highest BCUT2D eigenvalue weighted by atomic mass is 16.7. The van der Waals surface area contributed by atoms with Crippen LogP contribution in [-0.4, -0.2) is 55.4 Å². The zero-order valence-electron chi connectivity index (χ0n) is 16.9. The number of hydrogen-bond acceptors (Lipinski definition) is 7. The predicted octanol–water partition coefficient (Wildman–Crippen LogP) is 2.99. The van der Waals surface area contributed by atoms with E-state index in [-0.39, 0.29) is 6.61 Å². The molecule has 7 heteroatoms. The Morgan fingerprint density at radius 3 is 2.20 bits per heavy atom. The van der Waals surface area contributed by atoms with Crippen molar-refractivity contribution >= 4 is 11.9 Å². The van der Waals surface area contributed by atoms with Gasteiger partial charge in [-0.1, -0.05) is 36.4 Å². The van der Waals surface area contributed by atoms with Crippen LogP contribution in [-0.2, 0) is 23.7 Å². The van der Waals surface area contributed by atoms with Crippen LogP contribution < -0.4 is 0 Å². The molecule has 2 aromatic rings. The summed E-state index contributed by atoms with van der Waals surface area (Å²) in [5.41, 5.74) is 0.860. The molecule has 0 amide bonds. The van der Waals surface area contributed by atoms with Gasteiger partial charge in [0, 0.05) is 0 Å². The molecule has 4 rings (SSSR count). The molecule has 158 valence electrons. The maximum Gasteiger partial charge on any atom is 0.338 e. The van der Waals surface area contributed by atoms with Crippen LogP contribution >= 0.6 is 0 Å². The van der Waals surface area contributed by atoms with Crippen molar-refractivity contribution in [2.24, 2.45) is 0 Å². The van der Waals surface area contributed by atoms with E-state index in [1.165, 1.54) is 0 Å². The summed E-state index contributed by atoms with van der Waals surface area (Å²) in [6.07, 6.45) is -2.36. The quantitative estimate of drug-likeness (QED) is 0.699. The summed E-state index contributed by atoms with van der Waals surface area (Å²) in [5, 5.41) is 0. The molecule has 0 N–H and O–H groups in total. The lowest BCUT2D eigenvalue weighted by molar-refractivity contribution is -0.299. The Bertz CT molecular complexity index is 881. The lowest BCUT2D eigenvalue weighted by Gasteiger charge is -2.38. The third-order valence-electron chi connectivity index (χ3n) is 5.06. The lowest BCUT2D eigenvalue weighted by atomic mass is 10.1. The van der Waals surface area contributed by atoms with Crippen LogP contribution in [0.4, 0.5) is 0 Å². The topological polar surface area (TPSA) is 80.3 Å². The van der Waals surface area contributed by atoms with Gasteiger partial charge in [0.25, 0.3) is 0 Å². The molecule has 2 saturated heterocycles. The third kappa shape index (κ3) is 4.53. The number of rotatable bonds is 5. The van der Waals surface area contributed by atoms with Gasteiger partial charge in [0.05, 0.1) is 17.7 Å². The molecule has 2 heterocycles. The van der Waals surface area contributed by atoms with Gasteiger partial charge in [0.1, 0.15) is 24.9 Å². The number of esters is 2. The normalized spacial score (nSPS) is 27.1. The molecule has 7 nitrogen and oxygen atoms in total. The Morgan fingerprint density at radius 1 is 0.967 bits per heavy atom. The van der Waals surface area contributed by atoms with Crippen LogP contribution in [0.15, 0.2) is 60.7 Å². The van der Waals surface area contributed by atoms with E-state index in [0.717, 1.165) is 0 Å². The molecule has 2 fully saturated rings. The van der Waals surface area contributed by atoms with Crippen molar-refractivity contribution in [3.8, 4) is 0 Å². The molecule has 0 saturated carbocycles. The van der Waals surface area contributed by atoms with Crippen LogP contribution in [0.25, 0.3) is 0 Å². The fourth-order valence-corrected chi connectivity index (χ4v) is 3.58. The molecule has 2 aromatic carbocycles. The van der Waals surface area contributed by atoms with Crippen molar-refractivity contribution in [3.05, 3.63) is 71.8 Å². The first-order valence-electron chi connectivity index (χ1n) is 9.88. The van der Waals surface area contributed by atoms with Crippen molar-refractivity contribution in [2.75, 3.05) is 13.2 Å². The maximum absolute atomic E-state index is 12.7. The smallest absolute Gasteiger partial charge is 0.338 e. The van der Waals surface area contributed by atoms with Gasteiger partial charge in [-0.05, 0) is 38.1 Å². The monoisotopic (exact) mass is 412 g/mol. The highest BCUT2D eigenvalue weighted by Crippen LogP contribution is 2.35. The van der Waals surface area contributed by atoms with Crippen LogP contribution in [0.2, 0.25) is 0 Å². The van der Waals surface area contributed by atoms with Crippen molar-refractivity contribution in [1.29, 1.82) is 0 Å². The summed E-state index contributed by atoms with van der Waals surface area (Å²) in [4.78, 5) is 25.0. The first kappa shape index (κ1) is 20.5. The number of ether oxygens (including phenoxy) is 5. The van der Waals surface area contributed by atoms with Crippen LogP contribution in [0.3, 0.4) is 0 Å². The van der Waals surface area contributed by atoms with E-state index in [1.54, 1.807) is 62.4 Å². The minimum absolute atomic E-state index is 0.0722. The molecule has 0 radical (unpaired) electrons. The largest absolute Gasteiger partial charge is 0.459 e. The minimum Gasteiger partial charge on any atom is -0.459 e. The molecule has 0 bridgehead atoms. The number of carbonyl (C=O) groups excluding carboxylic acids is 2. The third-order valence-corrected chi connectivity index (χ3v) is 5.06. The van der Waals surface area contributed by atoms with Gasteiger partial charge < -0.3 is 23.7 Å². The van der Waals surface area contributed by atoms with Crippen molar-refractivity contribution in [1.82, 2.24) is 0 Å². The molecule has 0 aliphatic carbocycles. The summed E-state index contributed by atoms with van der Waals surface area (Å²) in [5.74, 6) is -1.80. The van der Waals surface area contributed by atoms with E-state index in [2.05, 4.69) is 0 Å². The van der Waals surface area contributed by atoms with E-state index in [9.17, 15) is 9.59 Å². The van der Waals surface area contributed by atoms with E-state index >= 15 is 0 Å². The zero-order valence-corrected chi connectivity index (χ0v) is 16.9. The Hall–Kier alpha value is -2.74. The summed E-state index contributed by atoms with van der Waals surface area (Å²) in [6.45, 7) is 3.81. The van der Waals surface area contributed by atoms with Crippen molar-refractivity contribution in [3.63, 3.8) is 0 Å². The second kappa shape index (κ2) is 8.55. The van der Waals surface area contributed by atoms with Crippen LogP contribution in [0.5, 0.6) is 0 Å². The first-order valence-corrected chi connectivity index (χ1v) is 9.88. The van der Waals surface area contributed by atoms with E-state index in [1.807, 2.05) is 12.1 Å². The fourth-order valence-electron chi connectivity index (χ4n) is 3.58. The Balaban J connectivity index is 1.49. The summed E-state index contributed by atoms with van der Waals surface area (Å²) in [6, 6.07) is 17.4. The predicted molar refractivity (Wildman–Crippen MR) is 106 cm³/mol. The van der Waals surface area contributed by atoms with Gasteiger partial charge in [-0.3, -0.25) is 0 Å². The van der Waals surface area contributed by atoms with E-state index in [4.69, 9.17) is 23.7 Å². The number of carbonyl (C=O) groups is 2. The number of benzene rings is 2. The van der Waals surface area contributed by atoms with Gasteiger partial charge in [0.2, 0.25) is 0 Å². The standard InChI is InChI=1S/C23H24O7/c1-23(2)27-14-18-20(30-23)19(29-22(25)16-11-7-4-8-12-16)17(28-18)13-26-21(24)15-9-5-3-6-10-15/h3-12,17-20H,13-14H2,1-2H3/t17-,18+,19-,20+/m1/s1. The zero-order chi connectivity index (χ0) is 21.1. The Morgan fingerprint density at radius 2 is 1.57 bits per heavy atom. The average molecular weight is 412 g/mol. The van der Waals surface area contributed by atoms with Gasteiger partial charge in [-0.2, -0.15) is 0 Å². The molecule has 2 aliphatic heterocycles. The number of hydrogen-bond donors (Lipinski definition) is 0. The highest BCUT2D eigenvalue weighted by molar-refractivity contribution is 5.90. The fraction of sp³-hybridized carbons (Fsp3) is 0.391. The van der Waals surface area contributed by atoms with Gasteiger partial charge in [-0.15, -0.1) is 0 Å². The molecule has 30 heavy (non-hydrogen) atoms. The second-order valence-electron chi connectivity index (χ2n) is 7.71. The summed E-state index contributed by atoms with van der Waals surface area (Å²) >= 11 is 0. The second-order valence-corrected chi connectivity index (χ2v) is 7.71. The SMILES string of the molecule is CC1(C)OC[C@@H]2O[C@H](COC(=O)c3ccccc3)[C@@H](OC(=O)c3ccccc3)[C@H]2O1. The van der Waals surface area contributed by atoms with Crippen LogP contribution in [0.1, 0.15) is 34.6 Å². The molecule has 0 spiro atoms. The molecule has 4 atom stereocenters. The lowest BCUT2D eigenvalue weighted by Crippen LogP contribution is -2.51.